The van der Waals surface area contributed by atoms with Gasteiger partial charge in [0.15, 0.2) is 11.5 Å². The number of methoxy groups -OCH3 is 3. The summed E-state index contributed by atoms with van der Waals surface area (Å²) in [4.78, 5) is 11.6. The topological polar surface area (TPSA) is 68.8 Å². The van der Waals surface area contributed by atoms with Crippen molar-refractivity contribution >= 4 is 5.91 Å². The van der Waals surface area contributed by atoms with Crippen molar-refractivity contribution in [3.8, 4) is 17.2 Å². The van der Waals surface area contributed by atoms with Crippen LogP contribution in [0.15, 0.2) is 12.1 Å². The molecule has 0 heterocycles. The van der Waals surface area contributed by atoms with E-state index in [4.69, 9.17) is 14.2 Å². The van der Waals surface area contributed by atoms with Crippen LogP contribution < -0.4 is 24.8 Å². The van der Waals surface area contributed by atoms with E-state index in [1.54, 1.807) is 21.3 Å². The van der Waals surface area contributed by atoms with Gasteiger partial charge in [0.05, 0.1) is 27.9 Å². The Morgan fingerprint density at radius 3 is 2.24 bits per heavy atom. The van der Waals surface area contributed by atoms with Gasteiger partial charge in [-0.05, 0) is 30.5 Å². The number of carbonyl (C=O) groups excluding carboxylic acids is 1. The minimum atomic E-state index is 0.0324. The molecular weight excluding hydrogens is 272 g/mol. The molecule has 0 aromatic heterocycles. The van der Waals surface area contributed by atoms with Gasteiger partial charge in [0.1, 0.15) is 0 Å². The molecule has 21 heavy (non-hydrogen) atoms. The molecule has 0 radical (unpaired) electrons. The summed E-state index contributed by atoms with van der Waals surface area (Å²) < 4.78 is 15.9. The standard InChI is InChI=1S/C15H22N2O4/c1-19-12-6-10(7-13(20-2)15(12)21-3)8-16-9-14(18)17-11-4-5-11/h6-7,11,16H,4-5,8-9H2,1-3H3,(H,17,18). The van der Waals surface area contributed by atoms with Gasteiger partial charge in [-0.1, -0.05) is 0 Å². The lowest BCUT2D eigenvalue weighted by atomic mass is 10.1. The Labute approximate surface area is 124 Å². The van der Waals surface area contributed by atoms with E-state index in [0.29, 0.717) is 36.4 Å². The number of hydrogen-bond donors (Lipinski definition) is 2. The Morgan fingerprint density at radius 2 is 1.76 bits per heavy atom. The summed E-state index contributed by atoms with van der Waals surface area (Å²) in [5, 5.41) is 6.04. The minimum Gasteiger partial charge on any atom is -0.493 e. The molecule has 0 bridgehead atoms. The molecule has 1 aromatic rings. The zero-order valence-corrected chi connectivity index (χ0v) is 12.7. The van der Waals surface area contributed by atoms with Crippen LogP contribution in [0.1, 0.15) is 18.4 Å². The van der Waals surface area contributed by atoms with Gasteiger partial charge in [0.25, 0.3) is 0 Å². The molecule has 6 nitrogen and oxygen atoms in total. The lowest BCUT2D eigenvalue weighted by Crippen LogP contribution is -2.34. The Kier molecular flexibility index (Phi) is 5.27. The van der Waals surface area contributed by atoms with Crippen LogP contribution in [-0.2, 0) is 11.3 Å². The van der Waals surface area contributed by atoms with Crippen molar-refractivity contribution in [2.45, 2.75) is 25.4 Å². The fraction of sp³-hybridized carbons (Fsp3) is 0.533. The van der Waals surface area contributed by atoms with E-state index < -0.39 is 0 Å². The summed E-state index contributed by atoms with van der Waals surface area (Å²) in [5.41, 5.74) is 0.962. The molecule has 0 unspecified atom stereocenters. The van der Waals surface area contributed by atoms with Crippen molar-refractivity contribution in [2.75, 3.05) is 27.9 Å². The molecule has 1 amide bonds. The lowest BCUT2D eigenvalue weighted by molar-refractivity contribution is -0.120. The van der Waals surface area contributed by atoms with E-state index in [2.05, 4.69) is 10.6 Å². The van der Waals surface area contributed by atoms with Crippen molar-refractivity contribution < 1.29 is 19.0 Å². The average Bonchev–Trinajstić information content (AvgIpc) is 3.29. The molecule has 0 spiro atoms. The second-order valence-corrected chi connectivity index (χ2v) is 4.98. The highest BCUT2D eigenvalue weighted by Crippen LogP contribution is 2.38. The van der Waals surface area contributed by atoms with Crippen LogP contribution >= 0.6 is 0 Å². The summed E-state index contributed by atoms with van der Waals surface area (Å²) in [6, 6.07) is 4.13. The number of benzene rings is 1. The molecule has 2 rings (SSSR count). The second kappa shape index (κ2) is 7.17. The first-order valence-electron chi connectivity index (χ1n) is 6.97. The Bertz CT molecular complexity index is 475. The molecule has 0 aliphatic heterocycles. The molecule has 0 saturated heterocycles. The number of ether oxygens (including phenoxy) is 3. The van der Waals surface area contributed by atoms with Gasteiger partial charge < -0.3 is 24.8 Å². The fourth-order valence-corrected chi connectivity index (χ4v) is 2.06. The van der Waals surface area contributed by atoms with Crippen LogP contribution in [0.4, 0.5) is 0 Å². The van der Waals surface area contributed by atoms with Crippen LogP contribution in [-0.4, -0.2) is 39.8 Å². The van der Waals surface area contributed by atoms with Gasteiger partial charge >= 0.3 is 0 Å². The number of hydrogen-bond acceptors (Lipinski definition) is 5. The number of amides is 1. The van der Waals surface area contributed by atoms with Crippen LogP contribution in [0, 0.1) is 0 Å². The highest BCUT2D eigenvalue weighted by molar-refractivity contribution is 5.78. The van der Waals surface area contributed by atoms with Crippen LogP contribution in [0.2, 0.25) is 0 Å². The molecular formula is C15H22N2O4. The summed E-state index contributed by atoms with van der Waals surface area (Å²) in [5.74, 6) is 1.81. The average molecular weight is 294 g/mol. The molecule has 1 aliphatic rings. The predicted molar refractivity (Wildman–Crippen MR) is 79.0 cm³/mol. The van der Waals surface area contributed by atoms with E-state index >= 15 is 0 Å². The molecule has 1 saturated carbocycles. The molecule has 1 fully saturated rings. The largest absolute Gasteiger partial charge is 0.493 e. The first-order valence-corrected chi connectivity index (χ1v) is 6.97. The highest BCUT2D eigenvalue weighted by atomic mass is 16.5. The Morgan fingerprint density at radius 1 is 1.14 bits per heavy atom. The zero-order chi connectivity index (χ0) is 15.2. The van der Waals surface area contributed by atoms with Crippen LogP contribution in [0.25, 0.3) is 0 Å². The van der Waals surface area contributed by atoms with Gasteiger partial charge in [-0.15, -0.1) is 0 Å². The van der Waals surface area contributed by atoms with E-state index in [-0.39, 0.29) is 5.91 Å². The van der Waals surface area contributed by atoms with Crippen molar-refractivity contribution in [3.63, 3.8) is 0 Å². The number of carbonyl (C=O) groups is 1. The van der Waals surface area contributed by atoms with E-state index in [1.165, 1.54) is 0 Å². The van der Waals surface area contributed by atoms with Gasteiger partial charge in [-0.3, -0.25) is 4.79 Å². The van der Waals surface area contributed by atoms with Crippen LogP contribution in [0.5, 0.6) is 17.2 Å². The van der Waals surface area contributed by atoms with Crippen molar-refractivity contribution in [3.05, 3.63) is 17.7 Å². The maximum Gasteiger partial charge on any atom is 0.234 e. The lowest BCUT2D eigenvalue weighted by Gasteiger charge is -2.14. The Balaban J connectivity index is 1.93. The Hall–Kier alpha value is -1.95. The molecule has 0 atom stereocenters. The van der Waals surface area contributed by atoms with Gasteiger partial charge in [0.2, 0.25) is 11.7 Å². The first kappa shape index (κ1) is 15.4. The summed E-state index contributed by atoms with van der Waals surface area (Å²) in [6.07, 6.45) is 2.19. The smallest absolute Gasteiger partial charge is 0.234 e. The fourth-order valence-electron chi connectivity index (χ4n) is 2.06. The monoisotopic (exact) mass is 294 g/mol. The summed E-state index contributed by atoms with van der Waals surface area (Å²) >= 11 is 0. The highest BCUT2D eigenvalue weighted by Gasteiger charge is 2.22. The molecule has 6 heteroatoms. The molecule has 1 aliphatic carbocycles. The summed E-state index contributed by atoms with van der Waals surface area (Å²) in [6.45, 7) is 0.849. The number of rotatable bonds is 8. The van der Waals surface area contributed by atoms with E-state index in [1.807, 2.05) is 12.1 Å². The third kappa shape index (κ3) is 4.26. The maximum atomic E-state index is 11.6. The van der Waals surface area contributed by atoms with Crippen LogP contribution in [0.3, 0.4) is 0 Å². The quantitative estimate of drug-likeness (QED) is 0.751. The minimum absolute atomic E-state index is 0.0324. The molecule has 1 aromatic carbocycles. The maximum absolute atomic E-state index is 11.6. The molecule has 2 N–H and O–H groups in total. The van der Waals surface area contributed by atoms with Crippen molar-refractivity contribution in [2.24, 2.45) is 0 Å². The zero-order valence-electron chi connectivity index (χ0n) is 12.7. The van der Waals surface area contributed by atoms with Crippen molar-refractivity contribution in [1.82, 2.24) is 10.6 Å². The third-order valence-electron chi connectivity index (χ3n) is 3.28. The van der Waals surface area contributed by atoms with E-state index in [9.17, 15) is 4.79 Å². The van der Waals surface area contributed by atoms with Gasteiger partial charge in [-0.25, -0.2) is 0 Å². The summed E-state index contributed by atoms with van der Waals surface area (Å²) in [7, 11) is 4.73. The van der Waals surface area contributed by atoms with Gasteiger partial charge in [0, 0.05) is 12.6 Å². The normalized spacial score (nSPS) is 13.7. The number of nitrogens with one attached hydrogen (secondary N) is 2. The van der Waals surface area contributed by atoms with Crippen molar-refractivity contribution in [1.29, 1.82) is 0 Å². The second-order valence-electron chi connectivity index (χ2n) is 4.98. The third-order valence-corrected chi connectivity index (χ3v) is 3.28. The first-order chi connectivity index (χ1) is 10.2. The predicted octanol–water partition coefficient (Wildman–Crippen LogP) is 1.08. The van der Waals surface area contributed by atoms with Gasteiger partial charge in [-0.2, -0.15) is 0 Å². The molecule has 116 valence electrons. The van der Waals surface area contributed by atoms with E-state index in [0.717, 1.165) is 18.4 Å². The SMILES string of the molecule is COc1cc(CNCC(=O)NC2CC2)cc(OC)c1OC.